The average molecular weight is 333 g/mol. The molecule has 0 saturated heterocycles. The standard InChI is InChI=1S/C13H14F3N3S2/c1-2-11-18-12(21-19-11)20-7-10(17)8-5-3-4-6-9(8)13(14,15)16/h3-6,10H,2,7,17H2,1H3. The molecule has 8 heteroatoms. The molecule has 0 aliphatic carbocycles. The van der Waals surface area contributed by atoms with Gasteiger partial charge in [0.1, 0.15) is 5.82 Å². The van der Waals surface area contributed by atoms with Crippen molar-refractivity contribution in [1.29, 1.82) is 0 Å². The number of benzene rings is 1. The van der Waals surface area contributed by atoms with Crippen LogP contribution in [-0.2, 0) is 12.6 Å². The third-order valence-electron chi connectivity index (χ3n) is 2.82. The number of alkyl halides is 3. The van der Waals surface area contributed by atoms with Gasteiger partial charge in [0.05, 0.1) is 5.56 Å². The van der Waals surface area contributed by atoms with E-state index in [4.69, 9.17) is 5.73 Å². The van der Waals surface area contributed by atoms with Crippen molar-refractivity contribution in [3.63, 3.8) is 0 Å². The molecule has 2 N–H and O–H groups in total. The third-order valence-corrected chi connectivity index (χ3v) is 4.81. The fraction of sp³-hybridized carbons (Fsp3) is 0.385. The van der Waals surface area contributed by atoms with Gasteiger partial charge in [0.25, 0.3) is 0 Å². The highest BCUT2D eigenvalue weighted by Gasteiger charge is 2.34. The van der Waals surface area contributed by atoms with Crippen LogP contribution in [0.5, 0.6) is 0 Å². The zero-order valence-electron chi connectivity index (χ0n) is 11.2. The lowest BCUT2D eigenvalue weighted by molar-refractivity contribution is -0.138. The summed E-state index contributed by atoms with van der Waals surface area (Å²) in [6, 6.07) is 4.70. The first kappa shape index (κ1) is 16.3. The molecule has 2 aromatic rings. The maximum absolute atomic E-state index is 12.9. The monoisotopic (exact) mass is 333 g/mol. The van der Waals surface area contributed by atoms with E-state index in [2.05, 4.69) is 9.36 Å². The van der Waals surface area contributed by atoms with Crippen molar-refractivity contribution < 1.29 is 13.2 Å². The van der Waals surface area contributed by atoms with Crippen molar-refractivity contribution in [2.24, 2.45) is 5.73 Å². The molecule has 21 heavy (non-hydrogen) atoms. The second-order valence-corrected chi connectivity index (χ2v) is 6.35. The molecule has 114 valence electrons. The zero-order chi connectivity index (χ0) is 15.5. The topological polar surface area (TPSA) is 51.8 Å². The first-order chi connectivity index (χ1) is 9.91. The number of aromatic nitrogens is 2. The Morgan fingerprint density at radius 3 is 2.67 bits per heavy atom. The first-order valence-corrected chi connectivity index (χ1v) is 8.04. The van der Waals surface area contributed by atoms with Gasteiger partial charge in [0.15, 0.2) is 4.34 Å². The minimum Gasteiger partial charge on any atom is -0.323 e. The van der Waals surface area contributed by atoms with Crippen LogP contribution in [0.3, 0.4) is 0 Å². The normalized spacial score (nSPS) is 13.4. The Morgan fingerprint density at radius 2 is 2.05 bits per heavy atom. The third kappa shape index (κ3) is 4.18. The van der Waals surface area contributed by atoms with Gasteiger partial charge in [0.2, 0.25) is 0 Å². The largest absolute Gasteiger partial charge is 0.416 e. The van der Waals surface area contributed by atoms with Gasteiger partial charge in [-0.2, -0.15) is 17.5 Å². The molecule has 1 heterocycles. The van der Waals surface area contributed by atoms with Crippen LogP contribution in [0.4, 0.5) is 13.2 Å². The molecule has 1 aromatic heterocycles. The van der Waals surface area contributed by atoms with Gasteiger partial charge in [-0.05, 0) is 23.2 Å². The van der Waals surface area contributed by atoms with E-state index < -0.39 is 17.8 Å². The lowest BCUT2D eigenvalue weighted by atomic mass is 10.0. The van der Waals surface area contributed by atoms with Crippen LogP contribution in [0.2, 0.25) is 0 Å². The van der Waals surface area contributed by atoms with Crippen molar-refractivity contribution in [2.45, 2.75) is 29.9 Å². The van der Waals surface area contributed by atoms with E-state index in [1.807, 2.05) is 6.92 Å². The molecule has 0 saturated carbocycles. The van der Waals surface area contributed by atoms with Gasteiger partial charge in [-0.3, -0.25) is 0 Å². The SMILES string of the molecule is CCc1nsc(SCC(N)c2ccccc2C(F)(F)F)n1. The van der Waals surface area contributed by atoms with Gasteiger partial charge < -0.3 is 5.73 Å². The maximum Gasteiger partial charge on any atom is 0.416 e. The van der Waals surface area contributed by atoms with Crippen LogP contribution in [0.25, 0.3) is 0 Å². The van der Waals surface area contributed by atoms with Crippen LogP contribution in [0.15, 0.2) is 28.6 Å². The second-order valence-electron chi connectivity index (χ2n) is 4.33. The van der Waals surface area contributed by atoms with Crippen LogP contribution in [0, 0.1) is 0 Å². The van der Waals surface area contributed by atoms with Gasteiger partial charge in [-0.15, -0.1) is 0 Å². The minimum absolute atomic E-state index is 0.109. The van der Waals surface area contributed by atoms with Gasteiger partial charge in [-0.25, -0.2) is 4.98 Å². The minimum atomic E-state index is -4.39. The summed E-state index contributed by atoms with van der Waals surface area (Å²) in [5.74, 6) is 1.07. The number of nitrogens with two attached hydrogens (primary N) is 1. The van der Waals surface area contributed by atoms with Crippen LogP contribution in [0.1, 0.15) is 29.9 Å². The van der Waals surface area contributed by atoms with Crippen molar-refractivity contribution in [2.75, 3.05) is 5.75 Å². The molecule has 0 aliphatic heterocycles. The molecule has 2 rings (SSSR count). The number of hydrogen-bond acceptors (Lipinski definition) is 5. The lowest BCUT2D eigenvalue weighted by Crippen LogP contribution is -2.19. The van der Waals surface area contributed by atoms with E-state index in [9.17, 15) is 13.2 Å². The molecule has 0 spiro atoms. The summed E-state index contributed by atoms with van der Waals surface area (Å²) in [4.78, 5) is 4.26. The van der Waals surface area contributed by atoms with Gasteiger partial charge in [0, 0.05) is 18.2 Å². The molecular weight excluding hydrogens is 319 g/mol. The number of halogens is 3. The molecule has 1 atom stereocenters. The predicted octanol–water partition coefficient (Wildman–Crippen LogP) is 3.91. The fourth-order valence-electron chi connectivity index (χ4n) is 1.77. The number of rotatable bonds is 5. The van der Waals surface area contributed by atoms with Crippen LogP contribution in [-0.4, -0.2) is 15.1 Å². The predicted molar refractivity (Wildman–Crippen MR) is 78.4 cm³/mol. The number of hydrogen-bond donors (Lipinski definition) is 1. The van der Waals surface area contributed by atoms with E-state index in [-0.39, 0.29) is 5.56 Å². The number of thioether (sulfide) groups is 1. The Labute approximate surface area is 128 Å². The summed E-state index contributed by atoms with van der Waals surface area (Å²) in [6.07, 6.45) is -3.66. The summed E-state index contributed by atoms with van der Waals surface area (Å²) < 4.78 is 43.7. The van der Waals surface area contributed by atoms with Gasteiger partial charge in [-0.1, -0.05) is 36.9 Å². The average Bonchev–Trinajstić information content (AvgIpc) is 2.92. The number of nitrogens with zero attached hydrogens (tertiary/aromatic N) is 2. The highest BCUT2D eigenvalue weighted by Crippen LogP contribution is 2.35. The summed E-state index contributed by atoms with van der Waals surface area (Å²) >= 11 is 2.58. The second kappa shape index (κ2) is 6.76. The van der Waals surface area contributed by atoms with Crippen molar-refractivity contribution >= 4 is 23.3 Å². The molecule has 0 fully saturated rings. The molecule has 0 radical (unpaired) electrons. The molecular formula is C13H14F3N3S2. The van der Waals surface area contributed by atoms with E-state index in [1.165, 1.54) is 35.4 Å². The van der Waals surface area contributed by atoms with Crippen molar-refractivity contribution in [3.8, 4) is 0 Å². The van der Waals surface area contributed by atoms with E-state index in [0.29, 0.717) is 5.75 Å². The Bertz CT molecular complexity index is 598. The summed E-state index contributed by atoms with van der Waals surface area (Å²) in [7, 11) is 0. The molecule has 1 unspecified atom stereocenters. The first-order valence-electron chi connectivity index (χ1n) is 6.29. The Balaban J connectivity index is 2.08. The quantitative estimate of drug-likeness (QED) is 0.843. The highest BCUT2D eigenvalue weighted by molar-refractivity contribution is 8.00. The smallest absolute Gasteiger partial charge is 0.323 e. The molecule has 1 aromatic carbocycles. The zero-order valence-corrected chi connectivity index (χ0v) is 12.9. The van der Waals surface area contributed by atoms with Crippen LogP contribution < -0.4 is 5.73 Å². The van der Waals surface area contributed by atoms with E-state index in [1.54, 1.807) is 6.07 Å². The molecule has 0 amide bonds. The molecule has 3 nitrogen and oxygen atoms in total. The van der Waals surface area contributed by atoms with Crippen molar-refractivity contribution in [1.82, 2.24) is 9.36 Å². The maximum atomic E-state index is 12.9. The summed E-state index contributed by atoms with van der Waals surface area (Å²) in [5.41, 5.74) is 5.35. The van der Waals surface area contributed by atoms with Crippen molar-refractivity contribution in [3.05, 3.63) is 41.2 Å². The summed E-state index contributed by atoms with van der Waals surface area (Å²) in [5, 5.41) is 0. The summed E-state index contributed by atoms with van der Waals surface area (Å²) in [6.45, 7) is 1.95. The van der Waals surface area contributed by atoms with E-state index >= 15 is 0 Å². The molecule has 0 bridgehead atoms. The highest BCUT2D eigenvalue weighted by atomic mass is 32.2. The van der Waals surface area contributed by atoms with Crippen LogP contribution >= 0.6 is 23.3 Å². The molecule has 0 aliphatic rings. The van der Waals surface area contributed by atoms with Gasteiger partial charge >= 0.3 is 6.18 Å². The lowest BCUT2D eigenvalue weighted by Gasteiger charge is -2.17. The Hall–Kier alpha value is -1.12. The van der Waals surface area contributed by atoms with E-state index in [0.717, 1.165) is 22.7 Å². The Morgan fingerprint density at radius 1 is 1.33 bits per heavy atom. The fourth-order valence-corrected chi connectivity index (χ4v) is 3.47. The number of aryl methyl sites for hydroxylation is 1. The Kier molecular flexibility index (Phi) is 5.23.